The van der Waals surface area contributed by atoms with E-state index in [9.17, 15) is 8.42 Å². The lowest BCUT2D eigenvalue weighted by molar-refractivity contribution is 0.00860. The van der Waals surface area contributed by atoms with E-state index in [1.807, 2.05) is 0 Å². The number of hydrogen-bond acceptors (Lipinski definition) is 7. The molecule has 0 unspecified atom stereocenters. The van der Waals surface area contributed by atoms with Crippen LogP contribution in [0.15, 0.2) is 10.7 Å². The Labute approximate surface area is 78.7 Å². The summed E-state index contributed by atoms with van der Waals surface area (Å²) < 4.78 is 20.1. The lowest BCUT2D eigenvalue weighted by atomic mass is 10.8. The normalized spacial score (nSPS) is 8.86. The van der Waals surface area contributed by atoms with Crippen molar-refractivity contribution in [1.82, 2.24) is 4.47 Å². The highest BCUT2D eigenvalue weighted by atomic mass is 32.2. The van der Waals surface area contributed by atoms with E-state index in [4.69, 9.17) is 25.4 Å². The van der Waals surface area contributed by atoms with Gasteiger partial charge in [-0.2, -0.15) is 8.42 Å². The highest BCUT2D eigenvalue weighted by Crippen LogP contribution is 1.83. The number of hydrogen-bond donors (Lipinski definition) is 4. The zero-order valence-electron chi connectivity index (χ0n) is 7.01. The van der Waals surface area contributed by atoms with Crippen LogP contribution >= 0.6 is 0 Å². The van der Waals surface area contributed by atoms with Crippen LogP contribution in [0, 0.1) is 9.81 Å². The first-order valence-electron chi connectivity index (χ1n) is 2.74. The van der Waals surface area contributed by atoms with Gasteiger partial charge in [0.25, 0.3) is 10.2 Å². The molecule has 0 amide bonds. The average molecular weight is 234 g/mol. The Balaban J connectivity index is -0.000000168. The Kier molecular flexibility index (Phi) is 15.3. The fraction of sp³-hybridized carbons (Fsp3) is 1.00. The summed E-state index contributed by atoms with van der Waals surface area (Å²) in [4.78, 5) is 16.2. The molecule has 0 radical (unpaired) electrons. The van der Waals surface area contributed by atoms with Gasteiger partial charge in [0, 0.05) is 6.54 Å². The fourth-order valence-electron chi connectivity index (χ4n) is 0.180. The summed E-state index contributed by atoms with van der Waals surface area (Å²) >= 11 is 0. The number of nitrogens with two attached hydrogens (primary N) is 1. The maximum Gasteiger partial charge on any atom is 0.298 e. The highest BCUT2D eigenvalue weighted by Gasteiger charge is 2.09. The van der Waals surface area contributed by atoms with Crippen LogP contribution in [0.2, 0.25) is 0 Å². The third kappa shape index (κ3) is 22.4. The second-order valence-corrected chi connectivity index (χ2v) is 2.80. The Bertz CT molecular complexity index is 220. The summed E-state index contributed by atoms with van der Waals surface area (Å²) in [6, 6.07) is 0. The maximum atomic E-state index is 10.0. The molecule has 0 aliphatic heterocycles. The van der Waals surface area contributed by atoms with Gasteiger partial charge in [0.1, 0.15) is 0 Å². The largest absolute Gasteiger partial charge is 0.379 e. The quantitative estimate of drug-likeness (QED) is 0.355. The van der Waals surface area contributed by atoms with E-state index >= 15 is 0 Å². The van der Waals surface area contributed by atoms with Gasteiger partial charge >= 0.3 is 0 Å². The van der Waals surface area contributed by atoms with Crippen LogP contribution in [-0.4, -0.2) is 35.1 Å². The summed E-state index contributed by atoms with van der Waals surface area (Å²) in [6.07, 6.45) is 0. The first kappa shape index (κ1) is 18.4. The Morgan fingerprint density at radius 2 is 1.50 bits per heavy atom. The third-order valence-electron chi connectivity index (χ3n) is 0.564. The number of rotatable bonds is 2. The van der Waals surface area contributed by atoms with Gasteiger partial charge in [0.05, 0.1) is 0 Å². The lowest BCUT2D eigenvalue weighted by Gasteiger charge is -2.05. The summed E-state index contributed by atoms with van der Waals surface area (Å²) in [5.41, 5.74) is 0. The van der Waals surface area contributed by atoms with Crippen LogP contribution in [0.4, 0.5) is 0 Å². The van der Waals surface area contributed by atoms with E-state index in [2.05, 4.69) is 5.14 Å². The zero-order chi connectivity index (χ0) is 12.2. The van der Waals surface area contributed by atoms with Crippen molar-refractivity contribution in [3.05, 3.63) is 9.81 Å². The predicted molar refractivity (Wildman–Crippen MR) is 42.4 cm³/mol. The number of nitrogens with zero attached hydrogens (tertiary/aromatic N) is 3. The molecule has 0 aliphatic carbocycles. The van der Waals surface area contributed by atoms with E-state index in [1.54, 1.807) is 0 Å². The molecule has 86 valence electrons. The first-order valence-corrected chi connectivity index (χ1v) is 4.24. The van der Waals surface area contributed by atoms with Gasteiger partial charge < -0.3 is 10.4 Å². The minimum atomic E-state index is -3.86. The molecule has 12 heteroatoms. The smallest absolute Gasteiger partial charge is 0.298 e. The van der Waals surface area contributed by atoms with Gasteiger partial charge in [0.15, 0.2) is 10.7 Å². The van der Waals surface area contributed by atoms with Gasteiger partial charge in [-0.15, -0.1) is 9.81 Å². The zero-order valence-corrected chi connectivity index (χ0v) is 7.83. The molecule has 0 saturated heterocycles. The van der Waals surface area contributed by atoms with Crippen molar-refractivity contribution in [3.8, 4) is 0 Å². The molecule has 0 spiro atoms. The molecule has 11 nitrogen and oxygen atoms in total. The monoisotopic (exact) mass is 234 g/mol. The molecule has 0 bridgehead atoms. The second kappa shape index (κ2) is 11.6. The van der Waals surface area contributed by atoms with E-state index in [-0.39, 0.29) is 11.0 Å². The van der Waals surface area contributed by atoms with Crippen molar-refractivity contribution in [3.63, 3.8) is 0 Å². The van der Waals surface area contributed by atoms with Crippen LogP contribution in [0.5, 0.6) is 0 Å². The van der Waals surface area contributed by atoms with Gasteiger partial charge in [-0.3, -0.25) is 5.21 Å². The topological polar surface area (TPSA) is 183 Å². The average Bonchev–Trinajstić information content (AvgIpc) is 2.04. The van der Waals surface area contributed by atoms with Gasteiger partial charge in [-0.05, 0) is 6.92 Å². The Hall–Kier alpha value is -1.37. The molecule has 0 atom stereocenters. The van der Waals surface area contributed by atoms with E-state index in [0.29, 0.717) is 0 Å². The highest BCUT2D eigenvalue weighted by molar-refractivity contribution is 7.86. The molecule has 0 aromatic rings. The molecule has 0 saturated carbocycles. The van der Waals surface area contributed by atoms with Crippen molar-refractivity contribution in [2.75, 3.05) is 6.54 Å². The number of hydroxylamine groups is 1. The van der Waals surface area contributed by atoms with Crippen molar-refractivity contribution >= 4 is 10.2 Å². The summed E-state index contributed by atoms with van der Waals surface area (Å²) in [7, 11) is -3.86. The minimum Gasteiger partial charge on any atom is -0.379 e. The third-order valence-corrected chi connectivity index (χ3v) is 1.41. The van der Waals surface area contributed by atoms with Crippen molar-refractivity contribution in [1.29, 1.82) is 0 Å². The molecule has 0 rings (SSSR count). The summed E-state index contributed by atoms with van der Waals surface area (Å²) in [6.45, 7) is 1.43. The van der Waals surface area contributed by atoms with Gasteiger partial charge in [0.2, 0.25) is 0 Å². The second-order valence-electron chi connectivity index (χ2n) is 1.35. The maximum absolute atomic E-state index is 10.0. The lowest BCUT2D eigenvalue weighted by Crippen LogP contribution is -2.33. The molecule has 0 heterocycles. The predicted octanol–water partition coefficient (Wildman–Crippen LogP) is -0.815. The molecule has 0 aromatic heterocycles. The SMILES string of the molecule is CCN(O)S(N)(=O)=O.O=NO.O=NO. The van der Waals surface area contributed by atoms with Crippen LogP contribution in [0.1, 0.15) is 6.92 Å². The van der Waals surface area contributed by atoms with Crippen molar-refractivity contribution in [2.45, 2.75) is 6.92 Å². The van der Waals surface area contributed by atoms with Gasteiger partial charge in [-0.1, -0.05) is 4.47 Å². The molecular formula is C2H10N4O7S. The molecule has 0 aromatic carbocycles. The van der Waals surface area contributed by atoms with Crippen LogP contribution in [0.3, 0.4) is 0 Å². The van der Waals surface area contributed by atoms with Gasteiger partial charge in [-0.25, -0.2) is 5.14 Å². The van der Waals surface area contributed by atoms with E-state index < -0.39 is 10.2 Å². The Morgan fingerprint density at radius 1 is 1.29 bits per heavy atom. The van der Waals surface area contributed by atoms with Crippen LogP contribution < -0.4 is 5.14 Å². The summed E-state index contributed by atoms with van der Waals surface area (Å²) in [5.74, 6) is 0. The molecule has 14 heavy (non-hydrogen) atoms. The molecule has 0 fully saturated rings. The standard InChI is InChI=1S/C2H8N2O3S.2HNO2/c1-2-4(5)8(3,6)7;2*2-1-3/h5H,2H2,1H3,(H2,3,6,7);2*(H,2,3). The van der Waals surface area contributed by atoms with Crippen LogP contribution in [0.25, 0.3) is 0 Å². The van der Waals surface area contributed by atoms with Crippen molar-refractivity contribution < 1.29 is 24.0 Å². The van der Waals surface area contributed by atoms with E-state index in [1.165, 1.54) is 17.6 Å². The Morgan fingerprint density at radius 3 is 1.50 bits per heavy atom. The molecular weight excluding hydrogens is 224 g/mol. The van der Waals surface area contributed by atoms with Crippen LogP contribution in [-0.2, 0) is 10.2 Å². The summed E-state index contributed by atoms with van der Waals surface area (Å²) in [5, 5.41) is 28.5. The fourth-order valence-corrected chi connectivity index (χ4v) is 0.540. The molecule has 5 N–H and O–H groups in total. The van der Waals surface area contributed by atoms with Crippen molar-refractivity contribution in [2.24, 2.45) is 15.8 Å². The molecule has 0 aliphatic rings. The first-order chi connectivity index (χ1) is 6.31. The van der Waals surface area contributed by atoms with E-state index in [0.717, 1.165) is 0 Å². The minimum absolute atomic E-state index is 0.0289.